The average Bonchev–Trinajstić information content (AvgIpc) is 3.26. The van der Waals surface area contributed by atoms with Crippen LogP contribution in [-0.4, -0.2) is 14.9 Å². The Labute approximate surface area is 168 Å². The summed E-state index contributed by atoms with van der Waals surface area (Å²) in [4.78, 5) is 0. The molecule has 144 valence electrons. The van der Waals surface area contributed by atoms with Crippen LogP contribution in [0.1, 0.15) is 30.0 Å². The van der Waals surface area contributed by atoms with Crippen LogP contribution in [0.2, 0.25) is 19.6 Å². The first-order valence-corrected chi connectivity index (χ1v) is 13.4. The summed E-state index contributed by atoms with van der Waals surface area (Å²) in [5.41, 5.74) is 4.91. The van der Waals surface area contributed by atoms with E-state index in [2.05, 4.69) is 75.6 Å². The van der Waals surface area contributed by atoms with Crippen LogP contribution < -0.4 is 19.6 Å². The molecule has 0 radical (unpaired) electrons. The summed E-state index contributed by atoms with van der Waals surface area (Å²) in [5.74, 6) is 1.91. The van der Waals surface area contributed by atoms with Gasteiger partial charge in [0.1, 0.15) is 11.5 Å². The van der Waals surface area contributed by atoms with Crippen molar-refractivity contribution in [3.8, 4) is 11.5 Å². The SMILES string of the molecule is C=c1c(C)c(OCC)c2c(c1C1=CC=CC1)C=c1cccc(O[Si](C)(C)C)c1=2. The van der Waals surface area contributed by atoms with Crippen molar-refractivity contribution in [2.45, 2.75) is 39.9 Å². The molecule has 0 atom stereocenters. The summed E-state index contributed by atoms with van der Waals surface area (Å²) in [6.07, 6.45) is 9.78. The molecule has 2 aromatic carbocycles. The van der Waals surface area contributed by atoms with Gasteiger partial charge in [-0.3, -0.25) is 0 Å². The van der Waals surface area contributed by atoms with Gasteiger partial charge in [-0.05, 0) is 84.8 Å². The minimum atomic E-state index is -1.75. The molecular formula is C25H28O2Si. The molecule has 2 aliphatic carbocycles. The van der Waals surface area contributed by atoms with E-state index in [-0.39, 0.29) is 0 Å². The predicted octanol–water partition coefficient (Wildman–Crippen LogP) is 4.79. The zero-order valence-electron chi connectivity index (χ0n) is 17.5. The highest BCUT2D eigenvalue weighted by atomic mass is 28.4. The van der Waals surface area contributed by atoms with Crippen molar-refractivity contribution in [1.82, 2.24) is 0 Å². The van der Waals surface area contributed by atoms with Crippen LogP contribution in [0.4, 0.5) is 0 Å². The Bertz CT molecular complexity index is 1230. The van der Waals surface area contributed by atoms with Crippen molar-refractivity contribution in [2.24, 2.45) is 0 Å². The van der Waals surface area contributed by atoms with Gasteiger partial charge < -0.3 is 9.16 Å². The van der Waals surface area contributed by atoms with Crippen LogP contribution >= 0.6 is 0 Å². The van der Waals surface area contributed by atoms with Crippen molar-refractivity contribution >= 4 is 26.5 Å². The summed E-state index contributed by atoms with van der Waals surface area (Å²) in [6, 6.07) is 6.36. The molecule has 3 heteroatoms. The Morgan fingerprint density at radius 2 is 1.93 bits per heavy atom. The maximum absolute atomic E-state index is 6.49. The molecule has 0 unspecified atom stereocenters. The Hall–Kier alpha value is -2.52. The maximum atomic E-state index is 6.49. The van der Waals surface area contributed by atoms with E-state index in [1.807, 2.05) is 6.92 Å². The van der Waals surface area contributed by atoms with Gasteiger partial charge in [-0.25, -0.2) is 0 Å². The van der Waals surface area contributed by atoms with Crippen LogP contribution in [0.15, 0.2) is 36.4 Å². The third-order valence-electron chi connectivity index (χ3n) is 5.27. The van der Waals surface area contributed by atoms with Gasteiger partial charge >= 0.3 is 0 Å². The fraction of sp³-hybridized carbons (Fsp3) is 0.280. The van der Waals surface area contributed by atoms with Crippen LogP contribution in [-0.2, 0) is 0 Å². The van der Waals surface area contributed by atoms with E-state index >= 15 is 0 Å². The molecule has 0 amide bonds. The fourth-order valence-corrected chi connectivity index (χ4v) is 4.97. The highest BCUT2D eigenvalue weighted by Gasteiger charge is 2.23. The number of allylic oxidation sites excluding steroid dienone is 4. The minimum Gasteiger partial charge on any atom is -0.544 e. The van der Waals surface area contributed by atoms with Gasteiger partial charge in [-0.15, -0.1) is 0 Å². The van der Waals surface area contributed by atoms with Gasteiger partial charge in [0, 0.05) is 10.4 Å². The van der Waals surface area contributed by atoms with E-state index in [9.17, 15) is 0 Å². The summed E-state index contributed by atoms with van der Waals surface area (Å²) < 4.78 is 12.7. The van der Waals surface area contributed by atoms with Crippen LogP contribution in [0.25, 0.3) is 18.2 Å². The summed E-state index contributed by atoms with van der Waals surface area (Å²) in [7, 11) is -1.75. The number of hydrogen-bond donors (Lipinski definition) is 0. The Balaban J connectivity index is 2.19. The standard InChI is InChI=1S/C25H28O2Si/c1-7-26-25-17(3)16(2)22(18-11-8-9-12-18)20-15-19-13-10-14-21(23(19)24(20)25)27-28(4,5)6/h8-11,13-15H,2,7,12H2,1,3-6H3. The molecule has 4 rings (SSSR count). The molecule has 28 heavy (non-hydrogen) atoms. The van der Waals surface area contributed by atoms with Crippen molar-refractivity contribution < 1.29 is 9.16 Å². The molecule has 0 bridgehead atoms. The number of fused-ring (bicyclic) bond motifs is 2. The van der Waals surface area contributed by atoms with Gasteiger partial charge in [0.05, 0.1) is 6.61 Å². The highest BCUT2D eigenvalue weighted by molar-refractivity contribution is 6.70. The van der Waals surface area contributed by atoms with E-state index in [4.69, 9.17) is 9.16 Å². The molecule has 0 saturated heterocycles. The normalized spacial score (nSPS) is 14.4. The molecule has 0 fully saturated rings. The van der Waals surface area contributed by atoms with Crippen LogP contribution in [0.5, 0.6) is 11.5 Å². The zero-order valence-corrected chi connectivity index (χ0v) is 18.5. The van der Waals surface area contributed by atoms with Gasteiger partial charge in [0.15, 0.2) is 0 Å². The van der Waals surface area contributed by atoms with Gasteiger partial charge in [-0.2, -0.15) is 0 Å². The first-order chi connectivity index (χ1) is 13.3. The van der Waals surface area contributed by atoms with Crippen LogP contribution in [0.3, 0.4) is 0 Å². The van der Waals surface area contributed by atoms with E-state index in [0.29, 0.717) is 6.61 Å². The lowest BCUT2D eigenvalue weighted by Crippen LogP contribution is -2.30. The van der Waals surface area contributed by atoms with Crippen LogP contribution in [0, 0.1) is 17.4 Å². The number of ether oxygens (including phenoxy) is 1. The molecule has 0 aromatic heterocycles. The summed E-state index contributed by atoms with van der Waals surface area (Å²) in [6.45, 7) is 15.9. The molecule has 0 spiro atoms. The van der Waals surface area contributed by atoms with Crippen molar-refractivity contribution in [1.29, 1.82) is 0 Å². The number of rotatable bonds is 5. The van der Waals surface area contributed by atoms with E-state index < -0.39 is 8.32 Å². The second-order valence-electron chi connectivity index (χ2n) is 8.43. The maximum Gasteiger partial charge on any atom is 0.242 e. The smallest absolute Gasteiger partial charge is 0.242 e. The predicted molar refractivity (Wildman–Crippen MR) is 121 cm³/mol. The van der Waals surface area contributed by atoms with Crippen molar-refractivity contribution in [3.05, 3.63) is 74.0 Å². The highest BCUT2D eigenvalue weighted by Crippen LogP contribution is 2.33. The van der Waals surface area contributed by atoms with E-state index in [1.54, 1.807) is 0 Å². The molecule has 0 aliphatic heterocycles. The molecule has 2 aromatic rings. The lowest BCUT2D eigenvalue weighted by molar-refractivity contribution is 0.335. The van der Waals surface area contributed by atoms with Gasteiger partial charge in [-0.1, -0.05) is 36.9 Å². The lowest BCUT2D eigenvalue weighted by Gasteiger charge is -2.20. The lowest BCUT2D eigenvalue weighted by atomic mass is 9.92. The van der Waals surface area contributed by atoms with Gasteiger partial charge in [0.25, 0.3) is 0 Å². The molecule has 2 nitrogen and oxygen atoms in total. The number of benzene rings is 2. The zero-order chi connectivity index (χ0) is 20.1. The molecule has 0 N–H and O–H groups in total. The second kappa shape index (κ2) is 6.82. The second-order valence-corrected chi connectivity index (χ2v) is 12.9. The third kappa shape index (κ3) is 3.04. The Kier molecular flexibility index (Phi) is 4.58. The summed E-state index contributed by atoms with van der Waals surface area (Å²) in [5, 5.41) is 4.59. The van der Waals surface area contributed by atoms with E-state index in [0.717, 1.165) is 28.7 Å². The molecule has 0 saturated carbocycles. The molecule has 2 aliphatic rings. The Morgan fingerprint density at radius 3 is 2.57 bits per heavy atom. The number of hydrogen-bond acceptors (Lipinski definition) is 2. The molecule has 0 heterocycles. The quantitative estimate of drug-likeness (QED) is 0.585. The van der Waals surface area contributed by atoms with E-state index in [1.165, 1.54) is 32.4 Å². The average molecular weight is 389 g/mol. The Morgan fingerprint density at radius 1 is 1.14 bits per heavy atom. The van der Waals surface area contributed by atoms with Gasteiger partial charge in [0.2, 0.25) is 8.32 Å². The topological polar surface area (TPSA) is 18.5 Å². The minimum absolute atomic E-state index is 0.628. The monoisotopic (exact) mass is 388 g/mol. The third-order valence-corrected chi connectivity index (χ3v) is 6.10. The van der Waals surface area contributed by atoms with Crippen molar-refractivity contribution in [3.63, 3.8) is 0 Å². The fourth-order valence-electron chi connectivity index (χ4n) is 4.14. The first kappa shape index (κ1) is 18.8. The largest absolute Gasteiger partial charge is 0.544 e. The summed E-state index contributed by atoms with van der Waals surface area (Å²) >= 11 is 0. The molecular weight excluding hydrogens is 360 g/mol. The first-order valence-electron chi connectivity index (χ1n) is 10.0. The van der Waals surface area contributed by atoms with Crippen molar-refractivity contribution in [2.75, 3.05) is 6.61 Å².